The highest BCUT2D eigenvalue weighted by Gasteiger charge is 2.30. The molecule has 1 unspecified atom stereocenters. The van der Waals surface area contributed by atoms with Crippen LogP contribution in [0.25, 0.3) is 0 Å². The zero-order valence-corrected chi connectivity index (χ0v) is 14.3. The first kappa shape index (κ1) is 16.5. The third kappa shape index (κ3) is 4.82. The van der Waals surface area contributed by atoms with Gasteiger partial charge in [-0.2, -0.15) is 0 Å². The summed E-state index contributed by atoms with van der Waals surface area (Å²) in [5.74, 6) is 0. The summed E-state index contributed by atoms with van der Waals surface area (Å²) in [6.45, 7) is 13.6. The van der Waals surface area contributed by atoms with Crippen molar-refractivity contribution in [3.63, 3.8) is 0 Å². The van der Waals surface area contributed by atoms with Crippen molar-refractivity contribution in [2.45, 2.75) is 66.1 Å². The molecule has 2 nitrogen and oxygen atoms in total. The molecule has 118 valence electrons. The first-order valence-corrected chi connectivity index (χ1v) is 8.56. The maximum atomic E-state index is 3.78. The van der Waals surface area contributed by atoms with Crippen LogP contribution in [0, 0.1) is 5.41 Å². The Kier molecular flexibility index (Phi) is 5.83. The lowest BCUT2D eigenvalue weighted by molar-refractivity contribution is 0.294. The van der Waals surface area contributed by atoms with E-state index in [0.717, 1.165) is 26.2 Å². The third-order valence-corrected chi connectivity index (χ3v) is 4.96. The molecule has 21 heavy (non-hydrogen) atoms. The Hall–Kier alpha value is -0.860. The second-order valence-corrected chi connectivity index (χ2v) is 7.21. The van der Waals surface area contributed by atoms with Crippen LogP contribution in [0.1, 0.15) is 58.1 Å². The predicted octanol–water partition coefficient (Wildman–Crippen LogP) is 4.20. The summed E-state index contributed by atoms with van der Waals surface area (Å²) >= 11 is 0. The number of benzene rings is 1. The van der Waals surface area contributed by atoms with Gasteiger partial charge in [0, 0.05) is 19.1 Å². The quantitative estimate of drug-likeness (QED) is 0.809. The van der Waals surface area contributed by atoms with Gasteiger partial charge in [-0.15, -0.1) is 0 Å². The largest absolute Gasteiger partial charge is 0.310 e. The van der Waals surface area contributed by atoms with E-state index in [4.69, 9.17) is 0 Å². The number of nitrogens with one attached hydrogen (secondary N) is 1. The monoisotopic (exact) mass is 288 g/mol. The van der Waals surface area contributed by atoms with Crippen LogP contribution >= 0.6 is 0 Å². The molecule has 0 amide bonds. The van der Waals surface area contributed by atoms with Gasteiger partial charge in [0.05, 0.1) is 0 Å². The van der Waals surface area contributed by atoms with E-state index < -0.39 is 0 Å². The summed E-state index contributed by atoms with van der Waals surface area (Å²) in [5, 5.41) is 3.78. The predicted molar refractivity (Wildman–Crippen MR) is 91.3 cm³/mol. The van der Waals surface area contributed by atoms with Crippen molar-refractivity contribution >= 4 is 0 Å². The third-order valence-electron chi connectivity index (χ3n) is 4.96. The van der Waals surface area contributed by atoms with E-state index in [1.807, 2.05) is 0 Å². The summed E-state index contributed by atoms with van der Waals surface area (Å²) in [5.41, 5.74) is 3.47. The fourth-order valence-electron chi connectivity index (χ4n) is 3.44. The first-order chi connectivity index (χ1) is 10.0. The van der Waals surface area contributed by atoms with Gasteiger partial charge in [0.15, 0.2) is 0 Å². The molecule has 0 bridgehead atoms. The van der Waals surface area contributed by atoms with E-state index in [2.05, 4.69) is 62.2 Å². The van der Waals surface area contributed by atoms with Crippen molar-refractivity contribution < 1.29 is 0 Å². The minimum Gasteiger partial charge on any atom is -0.310 e. The Labute approximate surface area is 130 Å². The molecule has 0 heterocycles. The van der Waals surface area contributed by atoms with Crippen LogP contribution < -0.4 is 5.32 Å². The SMILES string of the molecule is CCN(CC)Cc1ccccc1CNC1CCC(C)(C)C1. The second kappa shape index (κ2) is 7.42. The summed E-state index contributed by atoms with van der Waals surface area (Å²) < 4.78 is 0. The van der Waals surface area contributed by atoms with E-state index in [1.165, 1.54) is 30.4 Å². The Morgan fingerprint density at radius 1 is 1.14 bits per heavy atom. The van der Waals surface area contributed by atoms with Gasteiger partial charge in [-0.3, -0.25) is 4.90 Å². The standard InChI is InChI=1S/C19H32N2/c1-5-21(6-2)15-17-10-8-7-9-16(17)14-20-18-11-12-19(3,4)13-18/h7-10,18,20H,5-6,11-15H2,1-4H3. The minimum absolute atomic E-state index is 0.526. The van der Waals surface area contributed by atoms with Crippen molar-refractivity contribution in [2.24, 2.45) is 5.41 Å². The molecule has 2 heteroatoms. The molecule has 1 fully saturated rings. The molecule has 1 atom stereocenters. The molecule has 1 N–H and O–H groups in total. The Bertz CT molecular complexity index is 435. The Morgan fingerprint density at radius 3 is 2.38 bits per heavy atom. The molecule has 1 aromatic carbocycles. The van der Waals surface area contributed by atoms with Crippen LogP contribution in [0.2, 0.25) is 0 Å². The van der Waals surface area contributed by atoms with Gasteiger partial charge in [-0.1, -0.05) is 52.0 Å². The second-order valence-electron chi connectivity index (χ2n) is 7.21. The molecule has 0 aromatic heterocycles. The van der Waals surface area contributed by atoms with Crippen LogP contribution in [-0.2, 0) is 13.1 Å². The first-order valence-electron chi connectivity index (χ1n) is 8.56. The molecule has 2 rings (SSSR count). The Morgan fingerprint density at radius 2 is 1.81 bits per heavy atom. The average molecular weight is 288 g/mol. The van der Waals surface area contributed by atoms with Gasteiger partial charge in [0.1, 0.15) is 0 Å². The van der Waals surface area contributed by atoms with Crippen molar-refractivity contribution in [1.82, 2.24) is 10.2 Å². The van der Waals surface area contributed by atoms with Gasteiger partial charge >= 0.3 is 0 Å². The zero-order chi connectivity index (χ0) is 15.3. The lowest BCUT2D eigenvalue weighted by atomic mass is 9.92. The highest BCUT2D eigenvalue weighted by atomic mass is 15.1. The zero-order valence-electron chi connectivity index (χ0n) is 14.3. The molecule has 1 saturated carbocycles. The molecular weight excluding hydrogens is 256 g/mol. The van der Waals surface area contributed by atoms with E-state index in [1.54, 1.807) is 0 Å². The van der Waals surface area contributed by atoms with Crippen molar-refractivity contribution in [1.29, 1.82) is 0 Å². The van der Waals surface area contributed by atoms with Crippen LogP contribution in [-0.4, -0.2) is 24.0 Å². The van der Waals surface area contributed by atoms with Crippen molar-refractivity contribution in [3.8, 4) is 0 Å². The maximum Gasteiger partial charge on any atom is 0.0236 e. The van der Waals surface area contributed by atoms with Crippen molar-refractivity contribution in [2.75, 3.05) is 13.1 Å². The van der Waals surface area contributed by atoms with Crippen LogP contribution in [0.3, 0.4) is 0 Å². The van der Waals surface area contributed by atoms with Crippen LogP contribution in [0.5, 0.6) is 0 Å². The summed E-state index contributed by atoms with van der Waals surface area (Å²) in [6.07, 6.45) is 3.99. The van der Waals surface area contributed by atoms with E-state index in [9.17, 15) is 0 Å². The molecule has 1 aromatic rings. The molecular formula is C19H32N2. The molecule has 0 radical (unpaired) electrons. The molecule has 1 aliphatic carbocycles. The topological polar surface area (TPSA) is 15.3 Å². The molecule has 0 saturated heterocycles. The van der Waals surface area contributed by atoms with Gasteiger partial charge in [-0.05, 0) is 48.9 Å². The van der Waals surface area contributed by atoms with Gasteiger partial charge in [-0.25, -0.2) is 0 Å². The van der Waals surface area contributed by atoms with Crippen LogP contribution in [0.15, 0.2) is 24.3 Å². The van der Waals surface area contributed by atoms with E-state index in [-0.39, 0.29) is 0 Å². The smallest absolute Gasteiger partial charge is 0.0236 e. The highest BCUT2D eigenvalue weighted by Crippen LogP contribution is 2.37. The normalized spacial score (nSPS) is 21.1. The summed E-state index contributed by atoms with van der Waals surface area (Å²) in [7, 11) is 0. The molecule has 1 aliphatic rings. The van der Waals surface area contributed by atoms with Crippen LogP contribution in [0.4, 0.5) is 0 Å². The summed E-state index contributed by atoms with van der Waals surface area (Å²) in [6, 6.07) is 9.60. The van der Waals surface area contributed by atoms with E-state index >= 15 is 0 Å². The molecule has 0 spiro atoms. The number of hydrogen-bond acceptors (Lipinski definition) is 2. The van der Waals surface area contributed by atoms with Gasteiger partial charge in [0.2, 0.25) is 0 Å². The van der Waals surface area contributed by atoms with Gasteiger partial charge in [0.25, 0.3) is 0 Å². The average Bonchev–Trinajstić information content (AvgIpc) is 2.83. The number of hydrogen-bond donors (Lipinski definition) is 1. The van der Waals surface area contributed by atoms with Gasteiger partial charge < -0.3 is 5.32 Å². The Balaban J connectivity index is 1.94. The number of nitrogens with zero attached hydrogens (tertiary/aromatic N) is 1. The lowest BCUT2D eigenvalue weighted by Gasteiger charge is -2.21. The summed E-state index contributed by atoms with van der Waals surface area (Å²) in [4.78, 5) is 2.48. The maximum absolute atomic E-state index is 3.78. The number of rotatable bonds is 7. The fraction of sp³-hybridized carbons (Fsp3) is 0.684. The fourth-order valence-corrected chi connectivity index (χ4v) is 3.44. The van der Waals surface area contributed by atoms with E-state index in [0.29, 0.717) is 11.5 Å². The molecule has 0 aliphatic heterocycles. The highest BCUT2D eigenvalue weighted by molar-refractivity contribution is 5.27. The lowest BCUT2D eigenvalue weighted by Crippen LogP contribution is -2.28. The van der Waals surface area contributed by atoms with Crippen molar-refractivity contribution in [3.05, 3.63) is 35.4 Å². The minimum atomic E-state index is 0.526.